The minimum Gasteiger partial charge on any atom is -0.468 e. The van der Waals surface area contributed by atoms with E-state index < -0.39 is 17.4 Å². The molecule has 3 aliphatic carbocycles. The summed E-state index contributed by atoms with van der Waals surface area (Å²) in [6, 6.07) is 0. The van der Waals surface area contributed by atoms with Gasteiger partial charge in [0.2, 0.25) is 0 Å². The molecule has 2 saturated carbocycles. The van der Waals surface area contributed by atoms with Crippen molar-refractivity contribution in [1.82, 2.24) is 0 Å². The van der Waals surface area contributed by atoms with E-state index in [4.69, 9.17) is 13.9 Å². The Kier molecular flexibility index (Phi) is 4.36. The van der Waals surface area contributed by atoms with Gasteiger partial charge in [-0.15, -0.1) is 0 Å². The van der Waals surface area contributed by atoms with Gasteiger partial charge in [-0.05, 0) is 75.8 Å². The third kappa shape index (κ3) is 2.50. The van der Waals surface area contributed by atoms with Crippen LogP contribution in [-0.4, -0.2) is 25.2 Å². The molecule has 0 aromatic carbocycles. The van der Waals surface area contributed by atoms with Crippen LogP contribution in [0.1, 0.15) is 69.3 Å². The Bertz CT molecular complexity index is 700. The molecule has 2 fully saturated rings. The molecule has 1 aromatic heterocycles. The van der Waals surface area contributed by atoms with Crippen LogP contribution >= 0.6 is 0 Å². The molecule has 0 spiro atoms. The molecular formula is C21H28O5. The molecule has 0 N–H and O–H groups in total. The third-order valence-electron chi connectivity index (χ3n) is 6.58. The molecule has 3 aliphatic rings. The Morgan fingerprint density at radius 1 is 1.08 bits per heavy atom. The maximum atomic E-state index is 12.8. The molecule has 0 amide bonds. The van der Waals surface area contributed by atoms with E-state index in [2.05, 4.69) is 0 Å². The van der Waals surface area contributed by atoms with Crippen molar-refractivity contribution >= 4 is 11.9 Å². The van der Waals surface area contributed by atoms with Gasteiger partial charge in [0, 0.05) is 5.41 Å². The van der Waals surface area contributed by atoms with E-state index in [-0.39, 0.29) is 18.6 Å². The first-order valence-electron chi connectivity index (χ1n) is 10.0. The van der Waals surface area contributed by atoms with Crippen molar-refractivity contribution in [1.29, 1.82) is 0 Å². The van der Waals surface area contributed by atoms with Crippen LogP contribution in [-0.2, 0) is 37.3 Å². The van der Waals surface area contributed by atoms with Gasteiger partial charge >= 0.3 is 11.9 Å². The summed E-state index contributed by atoms with van der Waals surface area (Å²) in [4.78, 5) is 25.5. The van der Waals surface area contributed by atoms with E-state index in [0.717, 1.165) is 25.0 Å². The molecular weight excluding hydrogens is 332 g/mol. The van der Waals surface area contributed by atoms with Crippen LogP contribution < -0.4 is 0 Å². The largest absolute Gasteiger partial charge is 0.468 e. The molecule has 142 valence electrons. The van der Waals surface area contributed by atoms with Crippen LogP contribution in [0.3, 0.4) is 0 Å². The second-order valence-electron chi connectivity index (χ2n) is 8.09. The highest BCUT2D eigenvalue weighted by molar-refractivity contribution is 6.01. The van der Waals surface area contributed by atoms with Gasteiger partial charge in [0.15, 0.2) is 5.41 Å². The summed E-state index contributed by atoms with van der Waals surface area (Å²) >= 11 is 0. The Morgan fingerprint density at radius 2 is 1.77 bits per heavy atom. The quantitative estimate of drug-likeness (QED) is 0.455. The summed E-state index contributed by atoms with van der Waals surface area (Å²) < 4.78 is 16.7. The van der Waals surface area contributed by atoms with Gasteiger partial charge in [-0.3, -0.25) is 9.59 Å². The Balaban J connectivity index is 1.67. The fraction of sp³-hybridized carbons (Fsp3) is 0.714. The zero-order chi connectivity index (χ0) is 18.4. The van der Waals surface area contributed by atoms with Gasteiger partial charge in [-0.1, -0.05) is 6.42 Å². The number of ether oxygens (including phenoxy) is 2. The van der Waals surface area contributed by atoms with E-state index in [1.165, 1.54) is 30.4 Å². The molecule has 2 unspecified atom stereocenters. The number of carbonyl (C=O) groups is 2. The molecule has 0 radical (unpaired) electrons. The van der Waals surface area contributed by atoms with E-state index in [1.54, 1.807) is 13.8 Å². The fourth-order valence-electron chi connectivity index (χ4n) is 5.30. The summed E-state index contributed by atoms with van der Waals surface area (Å²) in [5.74, 6) is 0.482. The molecule has 26 heavy (non-hydrogen) atoms. The topological polar surface area (TPSA) is 65.7 Å². The number of hydrogen-bond acceptors (Lipinski definition) is 5. The molecule has 0 bridgehead atoms. The smallest absolute Gasteiger partial charge is 0.323 e. The van der Waals surface area contributed by atoms with E-state index in [1.807, 2.05) is 6.26 Å². The lowest BCUT2D eigenvalue weighted by molar-refractivity contribution is -0.172. The number of esters is 2. The highest BCUT2D eigenvalue weighted by atomic mass is 16.6. The fourth-order valence-corrected chi connectivity index (χ4v) is 5.30. The molecule has 5 heteroatoms. The summed E-state index contributed by atoms with van der Waals surface area (Å²) in [5, 5.41) is 0. The van der Waals surface area contributed by atoms with Crippen LogP contribution in [0.15, 0.2) is 10.7 Å². The number of hydrogen-bond donors (Lipinski definition) is 0. The average Bonchev–Trinajstić information content (AvgIpc) is 3.09. The minimum absolute atomic E-state index is 0.183. The molecule has 5 nitrogen and oxygen atoms in total. The van der Waals surface area contributed by atoms with Crippen molar-refractivity contribution in [3.63, 3.8) is 0 Å². The SMILES string of the molecule is CCOC(=O)C1(C(=O)OCC)CC2CC2(c2occ3c2CCCCC3)C1. The summed E-state index contributed by atoms with van der Waals surface area (Å²) in [7, 11) is 0. The molecule has 1 heterocycles. The Hall–Kier alpha value is -1.78. The van der Waals surface area contributed by atoms with Crippen molar-refractivity contribution < 1.29 is 23.5 Å². The lowest BCUT2D eigenvalue weighted by Gasteiger charge is -2.27. The van der Waals surface area contributed by atoms with Gasteiger partial charge in [-0.2, -0.15) is 0 Å². The third-order valence-corrected chi connectivity index (χ3v) is 6.58. The first-order valence-corrected chi connectivity index (χ1v) is 10.0. The molecule has 4 rings (SSSR count). The second-order valence-corrected chi connectivity index (χ2v) is 8.09. The predicted molar refractivity (Wildman–Crippen MR) is 94.7 cm³/mol. The normalized spacial score (nSPS) is 28.6. The van der Waals surface area contributed by atoms with E-state index in [9.17, 15) is 9.59 Å². The van der Waals surface area contributed by atoms with Crippen molar-refractivity contribution in [3.05, 3.63) is 23.2 Å². The summed E-state index contributed by atoms with van der Waals surface area (Å²) in [6.07, 6.45) is 9.63. The molecule has 1 aromatic rings. The number of fused-ring (bicyclic) bond motifs is 2. The molecule has 0 aliphatic heterocycles. The van der Waals surface area contributed by atoms with Crippen LogP contribution in [0, 0.1) is 11.3 Å². The van der Waals surface area contributed by atoms with Gasteiger partial charge in [0.1, 0.15) is 5.76 Å². The number of aryl methyl sites for hydroxylation is 1. The van der Waals surface area contributed by atoms with Gasteiger partial charge in [-0.25, -0.2) is 0 Å². The van der Waals surface area contributed by atoms with Crippen molar-refractivity contribution in [2.24, 2.45) is 11.3 Å². The van der Waals surface area contributed by atoms with Crippen LogP contribution in [0.25, 0.3) is 0 Å². The number of carbonyl (C=O) groups excluding carboxylic acids is 2. The average molecular weight is 360 g/mol. The standard InChI is InChI=1S/C21H28O5/c1-3-24-18(22)21(19(23)25-4-2)11-15-10-20(15,13-21)17-16-9-7-5-6-8-14(16)12-26-17/h12,15H,3-11,13H2,1-2H3. The first-order chi connectivity index (χ1) is 12.6. The van der Waals surface area contributed by atoms with Crippen molar-refractivity contribution in [3.8, 4) is 0 Å². The molecule has 2 atom stereocenters. The maximum Gasteiger partial charge on any atom is 0.323 e. The van der Waals surface area contributed by atoms with Gasteiger partial charge < -0.3 is 13.9 Å². The van der Waals surface area contributed by atoms with E-state index in [0.29, 0.717) is 18.8 Å². The zero-order valence-corrected chi connectivity index (χ0v) is 15.8. The summed E-state index contributed by atoms with van der Waals surface area (Å²) in [6.45, 7) is 4.09. The van der Waals surface area contributed by atoms with Crippen LogP contribution in [0.4, 0.5) is 0 Å². The van der Waals surface area contributed by atoms with Crippen molar-refractivity contribution in [2.75, 3.05) is 13.2 Å². The highest BCUT2D eigenvalue weighted by Gasteiger charge is 2.73. The Labute approximate surface area is 154 Å². The van der Waals surface area contributed by atoms with Crippen LogP contribution in [0.2, 0.25) is 0 Å². The minimum atomic E-state index is -1.17. The van der Waals surface area contributed by atoms with Gasteiger partial charge in [0.05, 0.1) is 19.5 Å². The molecule has 0 saturated heterocycles. The lowest BCUT2D eigenvalue weighted by Crippen LogP contribution is -2.42. The predicted octanol–water partition coefficient (Wildman–Crippen LogP) is 3.71. The zero-order valence-electron chi connectivity index (χ0n) is 15.8. The monoisotopic (exact) mass is 360 g/mol. The lowest BCUT2D eigenvalue weighted by atomic mass is 9.79. The highest BCUT2D eigenvalue weighted by Crippen LogP contribution is 2.71. The Morgan fingerprint density at radius 3 is 2.46 bits per heavy atom. The van der Waals surface area contributed by atoms with Gasteiger partial charge in [0.25, 0.3) is 0 Å². The maximum absolute atomic E-state index is 12.8. The first kappa shape index (κ1) is 17.6. The number of rotatable bonds is 5. The van der Waals surface area contributed by atoms with Crippen LogP contribution in [0.5, 0.6) is 0 Å². The van der Waals surface area contributed by atoms with E-state index >= 15 is 0 Å². The number of furan rings is 1. The second kappa shape index (κ2) is 6.43. The van der Waals surface area contributed by atoms with Crippen molar-refractivity contribution in [2.45, 2.75) is 70.6 Å². The summed E-state index contributed by atoms with van der Waals surface area (Å²) in [5.41, 5.74) is 1.31.